The van der Waals surface area contributed by atoms with Gasteiger partial charge in [-0.05, 0) is 19.3 Å². The number of amides is 1. The van der Waals surface area contributed by atoms with Crippen molar-refractivity contribution in [2.75, 3.05) is 13.1 Å². The molecule has 0 bridgehead atoms. The summed E-state index contributed by atoms with van der Waals surface area (Å²) in [5.41, 5.74) is 6.20. The van der Waals surface area contributed by atoms with Gasteiger partial charge in [0.2, 0.25) is 5.91 Å². The fraction of sp³-hybridized carbons (Fsp3) is 0.917. The fourth-order valence-corrected chi connectivity index (χ4v) is 3.10. The zero-order chi connectivity index (χ0) is 11.5. The Bertz CT molecular complexity index is 257. The minimum atomic E-state index is 0.0444. The first-order valence-corrected chi connectivity index (χ1v) is 6.53. The predicted octanol–water partition coefficient (Wildman–Crippen LogP) is 0.467. The van der Waals surface area contributed by atoms with Gasteiger partial charge >= 0.3 is 0 Å². The van der Waals surface area contributed by atoms with Crippen molar-refractivity contribution in [3.05, 3.63) is 0 Å². The highest BCUT2D eigenvalue weighted by atomic mass is 16.2. The molecule has 0 radical (unpaired) electrons. The molecular formula is C12H23N3O. The van der Waals surface area contributed by atoms with Crippen LogP contribution in [0.15, 0.2) is 0 Å². The number of nitrogens with two attached hydrogens (primary N) is 1. The minimum absolute atomic E-state index is 0.0444. The van der Waals surface area contributed by atoms with Crippen molar-refractivity contribution in [2.24, 2.45) is 5.73 Å². The molecule has 16 heavy (non-hydrogen) atoms. The van der Waals surface area contributed by atoms with Gasteiger partial charge in [-0.25, -0.2) is 0 Å². The van der Waals surface area contributed by atoms with E-state index in [9.17, 15) is 4.79 Å². The van der Waals surface area contributed by atoms with Crippen LogP contribution in [-0.2, 0) is 4.79 Å². The summed E-state index contributed by atoms with van der Waals surface area (Å²) in [5.74, 6) is 0.187. The third-order valence-corrected chi connectivity index (χ3v) is 3.97. The average Bonchev–Trinajstić information content (AvgIpc) is 2.29. The van der Waals surface area contributed by atoms with Crippen LogP contribution in [0.3, 0.4) is 0 Å². The van der Waals surface area contributed by atoms with E-state index in [0.717, 1.165) is 32.4 Å². The van der Waals surface area contributed by atoms with Crippen molar-refractivity contribution in [1.29, 1.82) is 0 Å². The summed E-state index contributed by atoms with van der Waals surface area (Å²) in [6.07, 6.45) is 5.65. The number of hydrogen-bond acceptors (Lipinski definition) is 3. The zero-order valence-electron chi connectivity index (χ0n) is 10.1. The van der Waals surface area contributed by atoms with Crippen LogP contribution in [0, 0.1) is 0 Å². The van der Waals surface area contributed by atoms with Crippen molar-refractivity contribution in [3.8, 4) is 0 Å². The summed E-state index contributed by atoms with van der Waals surface area (Å²) in [7, 11) is 0. The number of nitrogens with one attached hydrogen (secondary N) is 1. The standard InChI is InChI=1S/C12H23N3O/c1-2-10-12(16)14-7-8-15(10)11-6-4-3-5-9(11)13/h9-11H,2-8,13H2,1H3,(H,14,16). The molecule has 3 N–H and O–H groups in total. The van der Waals surface area contributed by atoms with Gasteiger partial charge in [0.25, 0.3) is 0 Å². The molecule has 0 aromatic carbocycles. The van der Waals surface area contributed by atoms with E-state index in [2.05, 4.69) is 17.1 Å². The Balaban J connectivity index is 2.07. The number of carbonyl (C=O) groups is 1. The van der Waals surface area contributed by atoms with E-state index in [1.54, 1.807) is 0 Å². The third-order valence-electron chi connectivity index (χ3n) is 3.97. The number of piperazine rings is 1. The lowest BCUT2D eigenvalue weighted by Crippen LogP contribution is -2.62. The third kappa shape index (κ3) is 2.23. The molecule has 92 valence electrons. The average molecular weight is 225 g/mol. The number of hydrogen-bond donors (Lipinski definition) is 2. The summed E-state index contributed by atoms with van der Waals surface area (Å²) >= 11 is 0. The lowest BCUT2D eigenvalue weighted by Gasteiger charge is -2.44. The van der Waals surface area contributed by atoms with Gasteiger partial charge in [-0.2, -0.15) is 0 Å². The summed E-state index contributed by atoms with van der Waals surface area (Å²) in [6, 6.07) is 0.723. The Morgan fingerprint density at radius 3 is 2.88 bits per heavy atom. The van der Waals surface area contributed by atoms with Gasteiger partial charge in [0.15, 0.2) is 0 Å². The van der Waals surface area contributed by atoms with Crippen LogP contribution in [0.25, 0.3) is 0 Å². The molecule has 1 saturated carbocycles. The number of nitrogens with zero attached hydrogens (tertiary/aromatic N) is 1. The number of carbonyl (C=O) groups excluding carboxylic acids is 1. The van der Waals surface area contributed by atoms with Crippen LogP contribution in [0.4, 0.5) is 0 Å². The molecule has 4 nitrogen and oxygen atoms in total. The van der Waals surface area contributed by atoms with E-state index in [-0.39, 0.29) is 18.0 Å². The molecule has 2 aliphatic rings. The summed E-state index contributed by atoms with van der Waals surface area (Å²) < 4.78 is 0. The maximum Gasteiger partial charge on any atom is 0.237 e. The first-order valence-electron chi connectivity index (χ1n) is 6.53. The Morgan fingerprint density at radius 1 is 1.44 bits per heavy atom. The number of rotatable bonds is 2. The molecule has 0 aromatic rings. The van der Waals surface area contributed by atoms with Crippen LogP contribution < -0.4 is 11.1 Å². The second-order valence-electron chi connectivity index (χ2n) is 4.97. The van der Waals surface area contributed by atoms with Gasteiger partial charge in [0.1, 0.15) is 0 Å². The van der Waals surface area contributed by atoms with Crippen molar-refractivity contribution in [3.63, 3.8) is 0 Å². The topological polar surface area (TPSA) is 58.4 Å². The van der Waals surface area contributed by atoms with Crippen LogP contribution in [-0.4, -0.2) is 42.0 Å². The molecular weight excluding hydrogens is 202 g/mol. The monoisotopic (exact) mass is 225 g/mol. The van der Waals surface area contributed by atoms with E-state index >= 15 is 0 Å². The second kappa shape index (κ2) is 5.15. The Labute approximate surface area is 97.6 Å². The van der Waals surface area contributed by atoms with Crippen molar-refractivity contribution in [2.45, 2.75) is 57.2 Å². The van der Waals surface area contributed by atoms with Gasteiger partial charge in [-0.15, -0.1) is 0 Å². The Morgan fingerprint density at radius 2 is 2.19 bits per heavy atom. The van der Waals surface area contributed by atoms with Gasteiger partial charge < -0.3 is 11.1 Å². The van der Waals surface area contributed by atoms with E-state index in [4.69, 9.17) is 5.73 Å². The lowest BCUT2D eigenvalue weighted by molar-refractivity contribution is -0.131. The fourth-order valence-electron chi connectivity index (χ4n) is 3.10. The zero-order valence-corrected chi connectivity index (χ0v) is 10.1. The lowest BCUT2D eigenvalue weighted by atomic mass is 9.88. The molecule has 3 unspecified atom stereocenters. The normalized spacial score (nSPS) is 37.1. The predicted molar refractivity (Wildman–Crippen MR) is 64.0 cm³/mol. The summed E-state index contributed by atoms with van der Waals surface area (Å²) in [4.78, 5) is 14.1. The molecule has 2 fully saturated rings. The van der Waals surface area contributed by atoms with Crippen LogP contribution in [0.1, 0.15) is 39.0 Å². The molecule has 1 aliphatic carbocycles. The summed E-state index contributed by atoms with van der Waals surface area (Å²) in [6.45, 7) is 3.82. The highest BCUT2D eigenvalue weighted by Crippen LogP contribution is 2.25. The molecule has 1 aliphatic heterocycles. The van der Waals surface area contributed by atoms with Crippen molar-refractivity contribution in [1.82, 2.24) is 10.2 Å². The smallest absolute Gasteiger partial charge is 0.237 e. The van der Waals surface area contributed by atoms with Gasteiger partial charge in [0, 0.05) is 25.2 Å². The molecule has 2 rings (SSSR count). The molecule has 4 heteroatoms. The first-order chi connectivity index (χ1) is 7.74. The maximum absolute atomic E-state index is 11.8. The van der Waals surface area contributed by atoms with Gasteiger partial charge in [-0.1, -0.05) is 19.8 Å². The maximum atomic E-state index is 11.8. The Hall–Kier alpha value is -0.610. The molecule has 0 spiro atoms. The van der Waals surface area contributed by atoms with E-state index in [0.29, 0.717) is 6.04 Å². The van der Waals surface area contributed by atoms with Gasteiger partial charge in [0.05, 0.1) is 6.04 Å². The van der Waals surface area contributed by atoms with Crippen LogP contribution in [0.2, 0.25) is 0 Å². The summed E-state index contributed by atoms with van der Waals surface area (Å²) in [5, 5.41) is 2.95. The van der Waals surface area contributed by atoms with E-state index in [1.165, 1.54) is 12.8 Å². The SMILES string of the molecule is CCC1C(=O)NCCN1C1CCCCC1N. The molecule has 1 amide bonds. The highest BCUT2D eigenvalue weighted by molar-refractivity contribution is 5.82. The molecule has 1 saturated heterocycles. The van der Waals surface area contributed by atoms with Crippen molar-refractivity contribution < 1.29 is 4.79 Å². The largest absolute Gasteiger partial charge is 0.353 e. The second-order valence-corrected chi connectivity index (χ2v) is 4.97. The van der Waals surface area contributed by atoms with E-state index < -0.39 is 0 Å². The van der Waals surface area contributed by atoms with Crippen LogP contribution in [0.5, 0.6) is 0 Å². The van der Waals surface area contributed by atoms with E-state index in [1.807, 2.05) is 0 Å². The molecule has 3 atom stereocenters. The Kier molecular flexibility index (Phi) is 3.82. The van der Waals surface area contributed by atoms with Crippen LogP contribution >= 0.6 is 0 Å². The first kappa shape index (κ1) is 11.9. The molecule has 0 aromatic heterocycles. The molecule has 1 heterocycles. The highest BCUT2D eigenvalue weighted by Gasteiger charge is 2.36. The quantitative estimate of drug-likeness (QED) is 0.718. The van der Waals surface area contributed by atoms with Gasteiger partial charge in [-0.3, -0.25) is 9.69 Å². The minimum Gasteiger partial charge on any atom is -0.353 e. The van der Waals surface area contributed by atoms with Crippen molar-refractivity contribution >= 4 is 5.91 Å².